The number of fused-ring (bicyclic) bond motifs is 1. The highest BCUT2D eigenvalue weighted by Crippen LogP contribution is 2.45. The van der Waals surface area contributed by atoms with E-state index in [0.29, 0.717) is 10.5 Å². The van der Waals surface area contributed by atoms with Crippen LogP contribution in [0.3, 0.4) is 0 Å². The van der Waals surface area contributed by atoms with Crippen LogP contribution in [0.4, 0.5) is 0 Å². The second-order valence-corrected chi connectivity index (χ2v) is 5.01. The van der Waals surface area contributed by atoms with Crippen LogP contribution in [0.15, 0.2) is 21.4 Å². The van der Waals surface area contributed by atoms with Gasteiger partial charge < -0.3 is 0 Å². The number of hydrogen-bond acceptors (Lipinski definition) is 2. The fourth-order valence-electron chi connectivity index (χ4n) is 0.935. The van der Waals surface area contributed by atoms with E-state index < -0.39 is 0 Å². The zero-order valence-corrected chi connectivity index (χ0v) is 7.80. The van der Waals surface area contributed by atoms with E-state index in [0.717, 1.165) is 0 Å². The molecule has 2 heterocycles. The maximum Gasteiger partial charge on any atom is 0.0566 e. The van der Waals surface area contributed by atoms with E-state index in [4.69, 9.17) is 0 Å². The summed E-state index contributed by atoms with van der Waals surface area (Å²) in [5.41, 5.74) is 0. The molecule has 0 aromatic carbocycles. The van der Waals surface area contributed by atoms with Crippen molar-refractivity contribution in [2.75, 3.05) is 0 Å². The van der Waals surface area contributed by atoms with Crippen LogP contribution in [-0.2, 0) is 0 Å². The predicted molar refractivity (Wildman–Crippen MR) is 48.9 cm³/mol. The van der Waals surface area contributed by atoms with E-state index in [1.807, 2.05) is 23.5 Å². The zero-order chi connectivity index (χ0) is 6.27. The third-order valence-electron chi connectivity index (χ3n) is 1.40. The van der Waals surface area contributed by atoms with E-state index in [2.05, 4.69) is 32.8 Å². The average Bonchev–Trinajstić information content (AvgIpc) is 2.35. The standard InChI is InChI=1S/C6H5BrS2/c7-4-3-9-5-1-2-8-6(4)5/h1-3,5-6H. The molecule has 0 saturated carbocycles. The van der Waals surface area contributed by atoms with Gasteiger partial charge in [0.15, 0.2) is 0 Å². The second-order valence-electron chi connectivity index (χ2n) is 1.99. The molecule has 0 aromatic heterocycles. The molecule has 3 heteroatoms. The van der Waals surface area contributed by atoms with Gasteiger partial charge in [0, 0.05) is 9.73 Å². The molecule has 0 nitrogen and oxygen atoms in total. The van der Waals surface area contributed by atoms with Crippen LogP contribution in [0.5, 0.6) is 0 Å². The Hall–Kier alpha value is 0.660. The van der Waals surface area contributed by atoms with E-state index in [1.54, 1.807) is 0 Å². The lowest BCUT2D eigenvalue weighted by molar-refractivity contribution is 1.13. The van der Waals surface area contributed by atoms with Gasteiger partial charge in [-0.2, -0.15) is 0 Å². The smallest absolute Gasteiger partial charge is 0.0566 e. The quantitative estimate of drug-likeness (QED) is 0.616. The summed E-state index contributed by atoms with van der Waals surface area (Å²) in [7, 11) is 0. The van der Waals surface area contributed by atoms with E-state index in [9.17, 15) is 0 Å². The minimum absolute atomic E-state index is 0.690. The van der Waals surface area contributed by atoms with Crippen LogP contribution in [-0.4, -0.2) is 10.5 Å². The topological polar surface area (TPSA) is 0 Å². The first-order chi connectivity index (χ1) is 4.38. The summed E-state index contributed by atoms with van der Waals surface area (Å²) in [6.45, 7) is 0. The Morgan fingerprint density at radius 1 is 1.44 bits per heavy atom. The van der Waals surface area contributed by atoms with Crippen molar-refractivity contribution in [3.8, 4) is 0 Å². The Bertz CT molecular complexity index is 185. The van der Waals surface area contributed by atoms with E-state index >= 15 is 0 Å². The zero-order valence-electron chi connectivity index (χ0n) is 4.58. The second kappa shape index (κ2) is 2.36. The first-order valence-corrected chi connectivity index (χ1v) is 5.39. The van der Waals surface area contributed by atoms with Crippen molar-refractivity contribution in [1.82, 2.24) is 0 Å². The normalized spacial score (nSPS) is 39.0. The molecule has 0 aromatic rings. The molecule has 0 saturated heterocycles. The SMILES string of the molecule is BrC1=CSC2C=CSC12. The number of hydrogen-bond donors (Lipinski definition) is 0. The minimum Gasteiger partial charge on any atom is -0.124 e. The highest BCUT2D eigenvalue weighted by molar-refractivity contribution is 9.12. The van der Waals surface area contributed by atoms with Crippen molar-refractivity contribution >= 4 is 39.5 Å². The van der Waals surface area contributed by atoms with Crippen LogP contribution in [0.2, 0.25) is 0 Å². The van der Waals surface area contributed by atoms with Gasteiger partial charge in [-0.3, -0.25) is 0 Å². The van der Waals surface area contributed by atoms with Gasteiger partial charge in [0.05, 0.1) is 5.25 Å². The maximum atomic E-state index is 3.52. The lowest BCUT2D eigenvalue weighted by Gasteiger charge is -2.05. The van der Waals surface area contributed by atoms with Crippen molar-refractivity contribution in [3.63, 3.8) is 0 Å². The van der Waals surface area contributed by atoms with Gasteiger partial charge in [0.1, 0.15) is 0 Å². The van der Waals surface area contributed by atoms with Crippen molar-refractivity contribution in [2.45, 2.75) is 10.5 Å². The third kappa shape index (κ3) is 0.994. The predicted octanol–water partition coefficient (Wildman–Crippen LogP) is 2.97. The van der Waals surface area contributed by atoms with Crippen LogP contribution in [0, 0.1) is 0 Å². The van der Waals surface area contributed by atoms with Gasteiger partial charge in [-0.15, -0.1) is 23.5 Å². The molecule has 0 bridgehead atoms. The molecule has 9 heavy (non-hydrogen) atoms. The Kier molecular flexibility index (Phi) is 1.67. The first-order valence-electron chi connectivity index (χ1n) is 2.71. The Morgan fingerprint density at radius 3 is 3.11 bits per heavy atom. The van der Waals surface area contributed by atoms with Gasteiger partial charge in [0.2, 0.25) is 0 Å². The largest absolute Gasteiger partial charge is 0.124 e. The number of thioether (sulfide) groups is 2. The number of rotatable bonds is 0. The molecule has 2 rings (SSSR count). The third-order valence-corrected chi connectivity index (χ3v) is 5.19. The Morgan fingerprint density at radius 2 is 2.33 bits per heavy atom. The molecular weight excluding hydrogens is 216 g/mol. The summed E-state index contributed by atoms with van der Waals surface area (Å²) in [5.74, 6) is 0. The molecule has 0 radical (unpaired) electrons. The molecular formula is C6H5BrS2. The van der Waals surface area contributed by atoms with Crippen molar-refractivity contribution in [2.24, 2.45) is 0 Å². The molecule has 0 amide bonds. The summed E-state index contributed by atoms with van der Waals surface area (Å²) in [6, 6.07) is 0. The Labute approximate surface area is 71.3 Å². The van der Waals surface area contributed by atoms with Gasteiger partial charge in [0.25, 0.3) is 0 Å². The Balaban J connectivity index is 2.22. The van der Waals surface area contributed by atoms with Crippen LogP contribution < -0.4 is 0 Å². The molecule has 0 spiro atoms. The van der Waals surface area contributed by atoms with E-state index in [-0.39, 0.29) is 0 Å². The van der Waals surface area contributed by atoms with Crippen molar-refractivity contribution in [3.05, 3.63) is 21.4 Å². The fraction of sp³-hybridized carbons (Fsp3) is 0.333. The average molecular weight is 221 g/mol. The molecule has 2 atom stereocenters. The molecule has 2 aliphatic heterocycles. The lowest BCUT2D eigenvalue weighted by Crippen LogP contribution is -2.07. The molecule has 0 aliphatic carbocycles. The molecule has 0 N–H and O–H groups in total. The molecule has 2 aliphatic rings. The van der Waals surface area contributed by atoms with Gasteiger partial charge in [-0.05, 0) is 10.8 Å². The summed E-state index contributed by atoms with van der Waals surface area (Å²) < 4.78 is 1.35. The van der Waals surface area contributed by atoms with Crippen molar-refractivity contribution < 1.29 is 0 Å². The van der Waals surface area contributed by atoms with Crippen LogP contribution >= 0.6 is 39.5 Å². The van der Waals surface area contributed by atoms with Crippen LogP contribution in [0.25, 0.3) is 0 Å². The van der Waals surface area contributed by atoms with Gasteiger partial charge in [-0.1, -0.05) is 22.0 Å². The summed E-state index contributed by atoms with van der Waals surface area (Å²) in [4.78, 5) is 0. The van der Waals surface area contributed by atoms with Crippen LogP contribution in [0.1, 0.15) is 0 Å². The van der Waals surface area contributed by atoms with Gasteiger partial charge >= 0.3 is 0 Å². The lowest BCUT2D eigenvalue weighted by atomic mass is 10.3. The molecule has 2 unspecified atom stereocenters. The summed E-state index contributed by atoms with van der Waals surface area (Å²) in [6.07, 6.45) is 2.27. The maximum absolute atomic E-state index is 3.52. The van der Waals surface area contributed by atoms with Crippen molar-refractivity contribution in [1.29, 1.82) is 0 Å². The van der Waals surface area contributed by atoms with E-state index in [1.165, 1.54) is 4.48 Å². The molecule has 48 valence electrons. The number of halogens is 1. The highest BCUT2D eigenvalue weighted by Gasteiger charge is 2.30. The monoisotopic (exact) mass is 220 g/mol. The summed E-state index contributed by atoms with van der Waals surface area (Å²) in [5, 5.41) is 5.79. The summed E-state index contributed by atoms with van der Waals surface area (Å²) >= 11 is 7.33. The fourth-order valence-corrected chi connectivity index (χ4v) is 4.38. The molecule has 0 fully saturated rings. The first kappa shape index (κ1) is 6.38. The minimum atomic E-state index is 0.690. The highest BCUT2D eigenvalue weighted by atomic mass is 79.9. The van der Waals surface area contributed by atoms with Gasteiger partial charge in [-0.25, -0.2) is 0 Å².